The van der Waals surface area contributed by atoms with E-state index < -0.39 is 33.9 Å². The fraction of sp³-hybridized carbons (Fsp3) is 0.375. The van der Waals surface area contributed by atoms with Crippen molar-refractivity contribution in [2.45, 2.75) is 24.7 Å². The molecule has 2 atom stereocenters. The lowest BCUT2D eigenvalue weighted by atomic mass is 9.97. The van der Waals surface area contributed by atoms with Gasteiger partial charge >= 0.3 is 16.4 Å². The van der Waals surface area contributed by atoms with Gasteiger partial charge in [-0.2, -0.15) is 25.9 Å². The summed E-state index contributed by atoms with van der Waals surface area (Å²) < 4.78 is 100. The first-order chi connectivity index (χ1) is 18.1. The quantitative estimate of drug-likeness (QED) is 0.449. The molecule has 0 aliphatic carbocycles. The Bertz CT molecular complexity index is 1410. The number of aromatic nitrogens is 1. The van der Waals surface area contributed by atoms with Crippen molar-refractivity contribution in [2.75, 3.05) is 43.0 Å². The van der Waals surface area contributed by atoms with Crippen molar-refractivity contribution in [1.82, 2.24) is 9.46 Å². The van der Waals surface area contributed by atoms with Crippen LogP contribution in [0.5, 0.6) is 5.75 Å². The van der Waals surface area contributed by atoms with Crippen LogP contribution in [0.4, 0.5) is 29.1 Å². The van der Waals surface area contributed by atoms with E-state index in [2.05, 4.69) is 14.4 Å². The number of rotatable bonds is 6. The molecule has 38 heavy (non-hydrogen) atoms. The van der Waals surface area contributed by atoms with Crippen LogP contribution in [0.3, 0.4) is 0 Å². The Morgan fingerprint density at radius 2 is 2.00 bits per heavy atom. The Morgan fingerprint density at radius 3 is 2.71 bits per heavy atom. The first-order valence-electron chi connectivity index (χ1n) is 11.7. The van der Waals surface area contributed by atoms with Crippen molar-refractivity contribution < 1.29 is 41.4 Å². The monoisotopic (exact) mass is 558 g/mol. The number of alkyl halides is 3. The number of methoxy groups -OCH3 is 1. The van der Waals surface area contributed by atoms with E-state index >= 15 is 4.39 Å². The summed E-state index contributed by atoms with van der Waals surface area (Å²) in [6.45, 7) is 0.874. The van der Waals surface area contributed by atoms with Crippen LogP contribution >= 0.6 is 0 Å². The van der Waals surface area contributed by atoms with Gasteiger partial charge in [-0.3, -0.25) is 4.72 Å². The largest absolute Gasteiger partial charge is 0.495 e. The number of hydrogen-bond acceptors (Lipinski definition) is 7. The molecule has 0 spiro atoms. The standard InChI is InChI=1S/C24H24F4N4O5S.H2/c1-35-21-12-17(15-3-2-4-16(11-15)24(26,27)28)18(25)13-20(21)32-8-10-36-22-14-31(7-5-19(22)32)38(33,34)30-23-6-9-37-29-23;/h2-4,6,9,11-13,19,22H,5,7-8,10,14H2,1H3,(H,29,30);1H/t19-,22-;/m0./s1. The average molecular weight is 559 g/mol. The Labute approximate surface area is 217 Å². The molecule has 206 valence electrons. The van der Waals surface area contributed by atoms with Crippen LogP contribution in [0.2, 0.25) is 0 Å². The highest BCUT2D eigenvalue weighted by molar-refractivity contribution is 7.90. The summed E-state index contributed by atoms with van der Waals surface area (Å²) in [5.74, 6) is -0.374. The van der Waals surface area contributed by atoms with Crippen LogP contribution in [0, 0.1) is 5.82 Å². The fourth-order valence-corrected chi connectivity index (χ4v) is 6.05. The second-order valence-electron chi connectivity index (χ2n) is 8.89. The van der Waals surface area contributed by atoms with Crippen LogP contribution < -0.4 is 14.4 Å². The van der Waals surface area contributed by atoms with E-state index in [0.717, 1.165) is 12.1 Å². The summed E-state index contributed by atoms with van der Waals surface area (Å²) in [4.78, 5) is 1.90. The van der Waals surface area contributed by atoms with Gasteiger partial charge in [-0.25, -0.2) is 4.39 Å². The molecule has 1 N–H and O–H groups in total. The maximum Gasteiger partial charge on any atom is 0.416 e. The summed E-state index contributed by atoms with van der Waals surface area (Å²) >= 11 is 0. The zero-order chi connectivity index (χ0) is 27.1. The fourth-order valence-electron chi connectivity index (χ4n) is 4.86. The number of hydrogen-bond donors (Lipinski definition) is 1. The number of nitrogens with one attached hydrogen (secondary N) is 1. The van der Waals surface area contributed by atoms with Crippen molar-refractivity contribution in [2.24, 2.45) is 0 Å². The number of ether oxygens (including phenoxy) is 2. The number of benzene rings is 2. The molecule has 2 aliphatic heterocycles. The maximum absolute atomic E-state index is 15.4. The molecule has 3 heterocycles. The molecule has 0 saturated carbocycles. The first kappa shape index (κ1) is 26.3. The van der Waals surface area contributed by atoms with E-state index in [4.69, 9.17) is 9.47 Å². The van der Waals surface area contributed by atoms with Gasteiger partial charge in [0.2, 0.25) is 0 Å². The van der Waals surface area contributed by atoms with Crippen molar-refractivity contribution in [3.63, 3.8) is 0 Å². The lowest BCUT2D eigenvalue weighted by Crippen LogP contribution is -2.60. The highest BCUT2D eigenvalue weighted by atomic mass is 32.2. The Hall–Kier alpha value is -3.36. The van der Waals surface area contributed by atoms with Gasteiger partial charge in [-0.1, -0.05) is 17.3 Å². The summed E-state index contributed by atoms with van der Waals surface area (Å²) in [7, 11) is -2.51. The minimum atomic E-state index is -4.56. The van der Waals surface area contributed by atoms with Gasteiger partial charge < -0.3 is 18.9 Å². The van der Waals surface area contributed by atoms with Crippen molar-refractivity contribution >= 4 is 21.7 Å². The van der Waals surface area contributed by atoms with E-state index in [0.29, 0.717) is 18.7 Å². The predicted octanol–water partition coefficient (Wildman–Crippen LogP) is 4.39. The summed E-state index contributed by atoms with van der Waals surface area (Å²) in [6, 6.07) is 8.17. The molecular weight excluding hydrogens is 532 g/mol. The molecule has 9 nitrogen and oxygen atoms in total. The molecule has 2 aliphatic rings. The molecule has 1 aromatic heterocycles. The number of anilines is 2. The van der Waals surface area contributed by atoms with Crippen molar-refractivity contribution in [3.8, 4) is 16.9 Å². The Morgan fingerprint density at radius 1 is 1.18 bits per heavy atom. The van der Waals surface area contributed by atoms with E-state index in [1.54, 1.807) is 0 Å². The van der Waals surface area contributed by atoms with Crippen LogP contribution in [-0.2, 0) is 21.1 Å². The van der Waals surface area contributed by atoms with Crippen LogP contribution in [0.25, 0.3) is 11.1 Å². The summed E-state index contributed by atoms with van der Waals surface area (Å²) in [5, 5.41) is 3.57. The Kier molecular flexibility index (Phi) is 6.96. The van der Waals surface area contributed by atoms with Crippen molar-refractivity contribution in [3.05, 3.63) is 60.1 Å². The van der Waals surface area contributed by atoms with Crippen molar-refractivity contribution in [1.29, 1.82) is 0 Å². The minimum Gasteiger partial charge on any atom is -0.495 e. The van der Waals surface area contributed by atoms with Crippen LogP contribution in [0.15, 0.2) is 53.3 Å². The number of nitrogens with zero attached hydrogens (tertiary/aromatic N) is 3. The highest BCUT2D eigenvalue weighted by Crippen LogP contribution is 2.40. The molecular formula is C24H26F4N4O5S. The van der Waals surface area contributed by atoms with Gasteiger partial charge in [0.05, 0.1) is 37.1 Å². The molecule has 2 saturated heterocycles. The topological polar surface area (TPSA) is 97.1 Å². The number of halogens is 4. The number of piperidine rings is 1. The molecule has 0 radical (unpaired) electrons. The molecule has 3 aromatic rings. The lowest BCUT2D eigenvalue weighted by molar-refractivity contribution is -0.137. The third-order valence-corrected chi connectivity index (χ3v) is 8.12. The van der Waals surface area contributed by atoms with Crippen LogP contribution in [-0.4, -0.2) is 63.4 Å². The van der Waals surface area contributed by atoms with E-state index in [1.807, 2.05) is 4.90 Å². The summed E-state index contributed by atoms with van der Waals surface area (Å²) in [5.41, 5.74) is -0.425. The maximum atomic E-state index is 15.4. The van der Waals surface area contributed by atoms with E-state index in [9.17, 15) is 21.6 Å². The first-order valence-corrected chi connectivity index (χ1v) is 13.1. The third kappa shape index (κ3) is 5.15. The summed E-state index contributed by atoms with van der Waals surface area (Å²) in [6.07, 6.45) is -3.45. The molecule has 0 bridgehead atoms. The SMILES string of the molecule is COc1cc(-c2cccc(C(F)(F)F)c2)c(F)cc1N1CCO[C@H]2CN(S(=O)(=O)Nc3ccon3)CC[C@@H]21.[HH]. The van der Waals surface area contributed by atoms with Gasteiger partial charge in [0.1, 0.15) is 17.8 Å². The minimum absolute atomic E-state index is 0. The van der Waals surface area contributed by atoms with Crippen LogP contribution in [0.1, 0.15) is 13.4 Å². The zero-order valence-corrected chi connectivity index (χ0v) is 20.9. The lowest BCUT2D eigenvalue weighted by Gasteiger charge is -2.47. The van der Waals surface area contributed by atoms with Gasteiger partial charge in [0.25, 0.3) is 0 Å². The van der Waals surface area contributed by atoms with Gasteiger partial charge in [-0.05, 0) is 30.2 Å². The normalized spacial score (nSPS) is 20.7. The average Bonchev–Trinajstić information content (AvgIpc) is 3.40. The van der Waals surface area contributed by atoms with Gasteiger partial charge in [0, 0.05) is 38.8 Å². The Balaban J connectivity index is 0.00000353. The second-order valence-corrected chi connectivity index (χ2v) is 10.6. The molecule has 2 fully saturated rings. The molecule has 0 unspecified atom stereocenters. The van der Waals surface area contributed by atoms with Gasteiger partial charge in [-0.15, -0.1) is 0 Å². The highest BCUT2D eigenvalue weighted by Gasteiger charge is 2.41. The predicted molar refractivity (Wildman–Crippen MR) is 132 cm³/mol. The number of morpholine rings is 1. The molecule has 14 heteroatoms. The second kappa shape index (κ2) is 10.1. The molecule has 5 rings (SSSR count). The molecule has 2 aromatic carbocycles. The molecule has 0 amide bonds. The number of fused-ring (bicyclic) bond motifs is 1. The van der Waals surface area contributed by atoms with E-state index in [1.165, 1.54) is 48.0 Å². The third-order valence-electron chi connectivity index (χ3n) is 6.64. The van der Waals surface area contributed by atoms with E-state index in [-0.39, 0.29) is 49.9 Å². The smallest absolute Gasteiger partial charge is 0.416 e. The zero-order valence-electron chi connectivity index (χ0n) is 20.1. The van der Waals surface area contributed by atoms with Gasteiger partial charge in [0.15, 0.2) is 5.82 Å².